The Hall–Kier alpha value is -2.36. The largest absolute Gasteiger partial charge is 0.497 e. The number of rotatable bonds is 5. The van der Waals surface area contributed by atoms with Gasteiger partial charge in [-0.05, 0) is 42.8 Å². The average Bonchev–Trinajstić information content (AvgIpc) is 2.45. The number of carbonyl (C=O) groups excluding carboxylic acids is 1. The van der Waals surface area contributed by atoms with E-state index in [1.807, 2.05) is 24.3 Å². The van der Waals surface area contributed by atoms with E-state index in [1.54, 1.807) is 7.11 Å². The van der Waals surface area contributed by atoms with Gasteiger partial charge in [0.05, 0.1) is 7.11 Å². The Morgan fingerprint density at radius 2 is 1.90 bits per heavy atom. The number of nitrogens with one attached hydrogen (secondary N) is 1. The summed E-state index contributed by atoms with van der Waals surface area (Å²) in [5, 5.41) is 3.09. The van der Waals surface area contributed by atoms with Gasteiger partial charge in [-0.25, -0.2) is 4.39 Å². The maximum Gasteiger partial charge on any atom is 0.161 e. The number of ether oxygens (including phenoxy) is 1. The van der Waals surface area contributed by atoms with Crippen molar-refractivity contribution >= 4 is 11.5 Å². The van der Waals surface area contributed by atoms with Crippen LogP contribution in [-0.2, 0) is 6.54 Å². The number of hydrogen-bond acceptors (Lipinski definition) is 3. The molecule has 0 radical (unpaired) electrons. The van der Waals surface area contributed by atoms with Gasteiger partial charge in [0.15, 0.2) is 5.78 Å². The predicted molar refractivity (Wildman–Crippen MR) is 76.7 cm³/mol. The summed E-state index contributed by atoms with van der Waals surface area (Å²) in [6, 6.07) is 11.7. The van der Waals surface area contributed by atoms with Crippen LogP contribution in [0.5, 0.6) is 5.75 Å². The first-order valence-corrected chi connectivity index (χ1v) is 6.27. The van der Waals surface area contributed by atoms with E-state index in [9.17, 15) is 9.18 Å². The highest BCUT2D eigenvalue weighted by Gasteiger charge is 2.08. The van der Waals surface area contributed by atoms with Crippen molar-refractivity contribution in [1.29, 1.82) is 0 Å². The Morgan fingerprint density at radius 1 is 1.20 bits per heavy atom. The van der Waals surface area contributed by atoms with Gasteiger partial charge in [-0.3, -0.25) is 4.79 Å². The maximum atomic E-state index is 13.3. The fourth-order valence-corrected chi connectivity index (χ4v) is 1.91. The summed E-state index contributed by atoms with van der Waals surface area (Å²) >= 11 is 0. The number of benzene rings is 2. The van der Waals surface area contributed by atoms with E-state index in [-0.39, 0.29) is 11.6 Å². The molecule has 0 unspecified atom stereocenters. The van der Waals surface area contributed by atoms with Crippen molar-refractivity contribution in [2.45, 2.75) is 13.5 Å². The van der Waals surface area contributed by atoms with Crippen LogP contribution in [0.3, 0.4) is 0 Å². The molecule has 0 aliphatic rings. The maximum absolute atomic E-state index is 13.3. The summed E-state index contributed by atoms with van der Waals surface area (Å²) in [4.78, 5) is 11.5. The zero-order chi connectivity index (χ0) is 14.5. The highest BCUT2D eigenvalue weighted by molar-refractivity contribution is 5.99. The van der Waals surface area contributed by atoms with Crippen LogP contribution in [-0.4, -0.2) is 12.9 Å². The fourth-order valence-electron chi connectivity index (χ4n) is 1.91. The normalized spacial score (nSPS) is 10.2. The molecule has 2 aromatic carbocycles. The van der Waals surface area contributed by atoms with E-state index < -0.39 is 0 Å². The van der Waals surface area contributed by atoms with Gasteiger partial charge in [-0.2, -0.15) is 0 Å². The molecule has 2 aromatic rings. The minimum absolute atomic E-state index is 0.0952. The third-order valence-corrected chi connectivity index (χ3v) is 3.00. The second-order valence-corrected chi connectivity index (χ2v) is 4.45. The van der Waals surface area contributed by atoms with Crippen LogP contribution >= 0.6 is 0 Å². The SMILES string of the molecule is COc1ccc(CNc2cc(F)ccc2C(C)=O)cc1. The second kappa shape index (κ2) is 6.19. The lowest BCUT2D eigenvalue weighted by atomic mass is 10.1. The van der Waals surface area contributed by atoms with Crippen LogP contribution in [0, 0.1) is 5.82 Å². The Kier molecular flexibility index (Phi) is 4.35. The third kappa shape index (κ3) is 3.35. The third-order valence-electron chi connectivity index (χ3n) is 3.00. The number of methoxy groups -OCH3 is 1. The molecule has 0 aromatic heterocycles. The predicted octanol–water partition coefficient (Wildman–Crippen LogP) is 3.65. The summed E-state index contributed by atoms with van der Waals surface area (Å²) in [7, 11) is 1.61. The van der Waals surface area contributed by atoms with E-state index in [2.05, 4.69) is 5.32 Å². The van der Waals surface area contributed by atoms with Gasteiger partial charge >= 0.3 is 0 Å². The summed E-state index contributed by atoms with van der Waals surface area (Å²) in [6.45, 7) is 1.97. The molecule has 0 spiro atoms. The van der Waals surface area contributed by atoms with Crippen LogP contribution in [0.25, 0.3) is 0 Å². The number of anilines is 1. The van der Waals surface area contributed by atoms with Crippen molar-refractivity contribution in [1.82, 2.24) is 0 Å². The summed E-state index contributed by atoms with van der Waals surface area (Å²) in [5.74, 6) is 0.318. The Balaban J connectivity index is 2.13. The van der Waals surface area contributed by atoms with Crippen LogP contribution in [0.2, 0.25) is 0 Å². The fraction of sp³-hybridized carbons (Fsp3) is 0.188. The second-order valence-electron chi connectivity index (χ2n) is 4.45. The first-order chi connectivity index (χ1) is 9.60. The van der Waals surface area contributed by atoms with Crippen LogP contribution in [0.4, 0.5) is 10.1 Å². The van der Waals surface area contributed by atoms with E-state index in [0.717, 1.165) is 11.3 Å². The molecule has 0 atom stereocenters. The van der Waals surface area contributed by atoms with Gasteiger partial charge in [0, 0.05) is 17.8 Å². The molecule has 0 saturated heterocycles. The molecule has 20 heavy (non-hydrogen) atoms. The standard InChI is InChI=1S/C16H16FNO2/c1-11(19)15-8-5-13(17)9-16(15)18-10-12-3-6-14(20-2)7-4-12/h3-9,18H,10H2,1-2H3. The van der Waals surface area contributed by atoms with E-state index in [1.165, 1.54) is 25.1 Å². The smallest absolute Gasteiger partial charge is 0.161 e. The summed E-state index contributed by atoms with van der Waals surface area (Å²) in [6.07, 6.45) is 0. The minimum atomic E-state index is -0.368. The molecular formula is C16H16FNO2. The Morgan fingerprint density at radius 3 is 2.50 bits per heavy atom. The molecule has 0 amide bonds. The molecule has 0 heterocycles. The van der Waals surface area contributed by atoms with Crippen LogP contribution < -0.4 is 10.1 Å². The number of hydrogen-bond donors (Lipinski definition) is 1. The van der Waals surface area contributed by atoms with Gasteiger partial charge in [0.25, 0.3) is 0 Å². The van der Waals surface area contributed by atoms with Crippen molar-refractivity contribution < 1.29 is 13.9 Å². The van der Waals surface area contributed by atoms with Crippen molar-refractivity contribution in [3.8, 4) is 5.75 Å². The van der Waals surface area contributed by atoms with Gasteiger partial charge in [-0.15, -0.1) is 0 Å². The molecule has 1 N–H and O–H groups in total. The van der Waals surface area contributed by atoms with Crippen molar-refractivity contribution in [3.63, 3.8) is 0 Å². The van der Waals surface area contributed by atoms with Gasteiger partial charge in [0.1, 0.15) is 11.6 Å². The molecule has 4 heteroatoms. The first kappa shape index (κ1) is 14.1. The lowest BCUT2D eigenvalue weighted by Crippen LogP contribution is -2.05. The van der Waals surface area contributed by atoms with Gasteiger partial charge in [-0.1, -0.05) is 12.1 Å². The lowest BCUT2D eigenvalue weighted by Gasteiger charge is -2.11. The molecule has 0 aliphatic heterocycles. The molecule has 104 valence electrons. The summed E-state index contributed by atoms with van der Waals surface area (Å²) < 4.78 is 18.4. The molecular weight excluding hydrogens is 257 g/mol. The van der Waals surface area contributed by atoms with E-state index >= 15 is 0 Å². The van der Waals surface area contributed by atoms with Gasteiger partial charge in [0.2, 0.25) is 0 Å². The zero-order valence-electron chi connectivity index (χ0n) is 11.4. The monoisotopic (exact) mass is 273 g/mol. The Labute approximate surface area is 117 Å². The zero-order valence-corrected chi connectivity index (χ0v) is 11.4. The number of carbonyl (C=O) groups is 1. The number of ketones is 1. The molecule has 0 saturated carbocycles. The molecule has 0 aliphatic carbocycles. The van der Waals surface area contributed by atoms with E-state index in [4.69, 9.17) is 4.74 Å². The van der Waals surface area contributed by atoms with Crippen molar-refractivity contribution in [3.05, 3.63) is 59.4 Å². The van der Waals surface area contributed by atoms with Crippen LogP contribution in [0.15, 0.2) is 42.5 Å². The minimum Gasteiger partial charge on any atom is -0.497 e. The quantitative estimate of drug-likeness (QED) is 0.845. The number of halogens is 1. The molecule has 0 bridgehead atoms. The Bertz CT molecular complexity index is 608. The van der Waals surface area contributed by atoms with Gasteiger partial charge < -0.3 is 10.1 Å². The highest BCUT2D eigenvalue weighted by Crippen LogP contribution is 2.19. The molecule has 2 rings (SSSR count). The van der Waals surface area contributed by atoms with Crippen molar-refractivity contribution in [2.75, 3.05) is 12.4 Å². The summed E-state index contributed by atoms with van der Waals surface area (Å²) in [5.41, 5.74) is 2.01. The lowest BCUT2D eigenvalue weighted by molar-refractivity contribution is 0.101. The highest BCUT2D eigenvalue weighted by atomic mass is 19.1. The molecule has 3 nitrogen and oxygen atoms in total. The van der Waals surface area contributed by atoms with Crippen LogP contribution in [0.1, 0.15) is 22.8 Å². The first-order valence-electron chi connectivity index (χ1n) is 6.27. The average molecular weight is 273 g/mol. The van der Waals surface area contributed by atoms with Crippen molar-refractivity contribution in [2.24, 2.45) is 0 Å². The topological polar surface area (TPSA) is 38.3 Å². The van der Waals surface area contributed by atoms with E-state index in [0.29, 0.717) is 17.8 Å². The number of Topliss-reactive ketones (excluding diaryl/α,β-unsaturated/α-hetero) is 1. The molecule has 0 fully saturated rings.